The van der Waals surface area contributed by atoms with Gasteiger partial charge in [-0.25, -0.2) is 4.79 Å². The molecule has 1 fully saturated rings. The summed E-state index contributed by atoms with van der Waals surface area (Å²) < 4.78 is 0. The molecule has 0 aromatic carbocycles. The van der Waals surface area contributed by atoms with Gasteiger partial charge < -0.3 is 5.32 Å². The van der Waals surface area contributed by atoms with E-state index in [1.807, 2.05) is 25.8 Å². The van der Waals surface area contributed by atoms with E-state index >= 15 is 0 Å². The highest BCUT2D eigenvalue weighted by atomic mass is 17.2. The van der Waals surface area contributed by atoms with Crippen LogP contribution in [-0.2, 0) is 19.4 Å². The first-order valence-corrected chi connectivity index (χ1v) is 6.70. The molecule has 0 unspecified atom stereocenters. The van der Waals surface area contributed by atoms with Gasteiger partial charge in [0, 0.05) is 0 Å². The molecule has 1 N–H and O–H groups in total. The fourth-order valence-corrected chi connectivity index (χ4v) is 2.34. The standard InChI is InChI=1S/C13H24N2O4/c1-9(2)8-10(13(17)19-18-4)14-12(16)11-6-5-7-15(11)3/h9-11H,5-8H2,1-4H3,(H,14,16)/t10-,11-/m0/s1. The summed E-state index contributed by atoms with van der Waals surface area (Å²) in [5.41, 5.74) is 0. The van der Waals surface area contributed by atoms with Gasteiger partial charge in [-0.3, -0.25) is 14.6 Å². The maximum absolute atomic E-state index is 12.2. The van der Waals surface area contributed by atoms with Gasteiger partial charge >= 0.3 is 5.97 Å². The van der Waals surface area contributed by atoms with Crippen molar-refractivity contribution in [3.63, 3.8) is 0 Å². The second-order valence-corrected chi connectivity index (χ2v) is 5.40. The molecule has 1 heterocycles. The Balaban J connectivity index is 2.60. The number of nitrogens with one attached hydrogen (secondary N) is 1. The Kier molecular flexibility index (Phi) is 6.24. The molecule has 2 atom stereocenters. The predicted molar refractivity (Wildman–Crippen MR) is 70.1 cm³/mol. The van der Waals surface area contributed by atoms with E-state index in [4.69, 9.17) is 0 Å². The third kappa shape index (κ3) is 4.80. The van der Waals surface area contributed by atoms with Crippen molar-refractivity contribution in [2.45, 2.75) is 45.2 Å². The third-order valence-electron chi connectivity index (χ3n) is 3.30. The van der Waals surface area contributed by atoms with Crippen LogP contribution in [-0.4, -0.2) is 49.6 Å². The number of likely N-dealkylation sites (N-methyl/N-ethyl adjacent to an activating group) is 1. The highest BCUT2D eigenvalue weighted by Gasteiger charge is 2.32. The van der Waals surface area contributed by atoms with Crippen LogP contribution in [0.2, 0.25) is 0 Å². The SMILES string of the molecule is COOC(=O)[C@H](CC(C)C)NC(=O)[C@@H]1CCCN1C. The number of rotatable bonds is 6. The zero-order valence-corrected chi connectivity index (χ0v) is 12.1. The molecule has 1 rings (SSSR count). The second-order valence-electron chi connectivity index (χ2n) is 5.40. The molecule has 0 radical (unpaired) electrons. The van der Waals surface area contributed by atoms with Gasteiger partial charge in [0.15, 0.2) is 0 Å². The van der Waals surface area contributed by atoms with Gasteiger partial charge in [0.2, 0.25) is 5.91 Å². The zero-order valence-electron chi connectivity index (χ0n) is 12.1. The first kappa shape index (κ1) is 15.9. The molecular formula is C13H24N2O4. The quantitative estimate of drug-likeness (QED) is 0.570. The molecule has 1 aliphatic rings. The van der Waals surface area contributed by atoms with E-state index in [0.29, 0.717) is 6.42 Å². The lowest BCUT2D eigenvalue weighted by Gasteiger charge is -2.23. The maximum atomic E-state index is 12.2. The van der Waals surface area contributed by atoms with E-state index in [1.54, 1.807) is 0 Å². The van der Waals surface area contributed by atoms with E-state index in [2.05, 4.69) is 15.1 Å². The van der Waals surface area contributed by atoms with Gasteiger partial charge in [0.25, 0.3) is 0 Å². The molecule has 6 nitrogen and oxygen atoms in total. The van der Waals surface area contributed by atoms with Crippen LogP contribution in [0.1, 0.15) is 33.1 Å². The van der Waals surface area contributed by atoms with E-state index in [1.165, 1.54) is 7.11 Å². The fraction of sp³-hybridized carbons (Fsp3) is 0.846. The molecule has 1 amide bonds. The summed E-state index contributed by atoms with van der Waals surface area (Å²) >= 11 is 0. The van der Waals surface area contributed by atoms with Gasteiger partial charge in [0.1, 0.15) is 6.04 Å². The van der Waals surface area contributed by atoms with Gasteiger partial charge in [-0.05, 0) is 38.8 Å². The minimum Gasteiger partial charge on any atom is -0.341 e. The van der Waals surface area contributed by atoms with Crippen LogP contribution in [0.25, 0.3) is 0 Å². The van der Waals surface area contributed by atoms with Crippen molar-refractivity contribution < 1.29 is 19.4 Å². The van der Waals surface area contributed by atoms with Crippen LogP contribution in [0, 0.1) is 5.92 Å². The summed E-state index contributed by atoms with van der Waals surface area (Å²) in [7, 11) is 3.19. The molecule has 110 valence electrons. The number of likely N-dealkylation sites (tertiary alicyclic amines) is 1. The van der Waals surface area contributed by atoms with Crippen LogP contribution < -0.4 is 5.32 Å². The molecule has 19 heavy (non-hydrogen) atoms. The number of hydrogen-bond donors (Lipinski definition) is 1. The fourth-order valence-electron chi connectivity index (χ4n) is 2.34. The minimum absolute atomic E-state index is 0.112. The molecule has 0 saturated carbocycles. The maximum Gasteiger partial charge on any atom is 0.364 e. The average molecular weight is 272 g/mol. The first-order valence-electron chi connectivity index (χ1n) is 6.70. The van der Waals surface area contributed by atoms with Crippen molar-refractivity contribution in [2.75, 3.05) is 20.7 Å². The van der Waals surface area contributed by atoms with Gasteiger partial charge in [-0.2, -0.15) is 4.89 Å². The van der Waals surface area contributed by atoms with Crippen LogP contribution >= 0.6 is 0 Å². The summed E-state index contributed by atoms with van der Waals surface area (Å²) in [4.78, 5) is 34.8. The van der Waals surface area contributed by atoms with Crippen molar-refractivity contribution in [3.05, 3.63) is 0 Å². The lowest BCUT2D eigenvalue weighted by Crippen LogP contribution is -2.49. The topological polar surface area (TPSA) is 67.9 Å². The third-order valence-corrected chi connectivity index (χ3v) is 3.30. The lowest BCUT2D eigenvalue weighted by molar-refractivity contribution is -0.257. The van der Waals surface area contributed by atoms with Crippen LogP contribution in [0.4, 0.5) is 0 Å². The summed E-state index contributed by atoms with van der Waals surface area (Å²) in [6.45, 7) is 4.89. The van der Waals surface area contributed by atoms with Gasteiger partial charge in [-0.15, -0.1) is 0 Å². The Morgan fingerprint density at radius 3 is 2.58 bits per heavy atom. The number of nitrogens with zero attached hydrogens (tertiary/aromatic N) is 1. The summed E-state index contributed by atoms with van der Waals surface area (Å²) in [6.07, 6.45) is 2.37. The average Bonchev–Trinajstić information content (AvgIpc) is 2.74. The Bertz CT molecular complexity index is 320. The summed E-state index contributed by atoms with van der Waals surface area (Å²) in [6, 6.07) is -0.800. The molecular weight excluding hydrogens is 248 g/mol. The number of carbonyl (C=O) groups excluding carboxylic acids is 2. The number of carbonyl (C=O) groups is 2. The second kappa shape index (κ2) is 7.45. The Morgan fingerprint density at radius 1 is 1.42 bits per heavy atom. The minimum atomic E-state index is -0.651. The molecule has 1 saturated heterocycles. The molecule has 0 aromatic heterocycles. The van der Waals surface area contributed by atoms with E-state index < -0.39 is 12.0 Å². The zero-order chi connectivity index (χ0) is 14.4. The smallest absolute Gasteiger partial charge is 0.341 e. The van der Waals surface area contributed by atoms with Crippen LogP contribution in [0.3, 0.4) is 0 Å². The Morgan fingerprint density at radius 2 is 2.11 bits per heavy atom. The van der Waals surface area contributed by atoms with Crippen LogP contribution in [0.5, 0.6) is 0 Å². The largest absolute Gasteiger partial charge is 0.364 e. The molecule has 6 heteroatoms. The molecule has 0 aromatic rings. The van der Waals surface area contributed by atoms with Crippen molar-refractivity contribution in [2.24, 2.45) is 5.92 Å². The predicted octanol–water partition coefficient (Wildman–Crippen LogP) is 0.716. The van der Waals surface area contributed by atoms with Crippen molar-refractivity contribution >= 4 is 11.9 Å². The Labute approximate surface area is 114 Å². The van der Waals surface area contributed by atoms with Crippen molar-refractivity contribution in [3.8, 4) is 0 Å². The normalized spacial score (nSPS) is 21.4. The first-order chi connectivity index (χ1) is 8.95. The summed E-state index contributed by atoms with van der Waals surface area (Å²) in [5.74, 6) is -0.389. The molecule has 0 bridgehead atoms. The number of hydrogen-bond acceptors (Lipinski definition) is 5. The van der Waals surface area contributed by atoms with Crippen LogP contribution in [0.15, 0.2) is 0 Å². The van der Waals surface area contributed by atoms with E-state index in [0.717, 1.165) is 19.4 Å². The molecule has 1 aliphatic heterocycles. The van der Waals surface area contributed by atoms with Gasteiger partial charge in [0.05, 0.1) is 13.2 Å². The lowest BCUT2D eigenvalue weighted by atomic mass is 10.0. The van der Waals surface area contributed by atoms with E-state index in [-0.39, 0.29) is 17.9 Å². The number of amides is 1. The van der Waals surface area contributed by atoms with Crippen molar-refractivity contribution in [1.82, 2.24) is 10.2 Å². The monoisotopic (exact) mass is 272 g/mol. The van der Waals surface area contributed by atoms with Crippen molar-refractivity contribution in [1.29, 1.82) is 0 Å². The molecule has 0 spiro atoms. The Hall–Kier alpha value is -1.14. The summed E-state index contributed by atoms with van der Waals surface area (Å²) in [5, 5.41) is 2.77. The van der Waals surface area contributed by atoms with Gasteiger partial charge in [-0.1, -0.05) is 13.8 Å². The highest BCUT2D eigenvalue weighted by molar-refractivity contribution is 5.87. The highest BCUT2D eigenvalue weighted by Crippen LogP contribution is 2.15. The molecule has 0 aliphatic carbocycles. The van der Waals surface area contributed by atoms with E-state index in [9.17, 15) is 9.59 Å².